The monoisotopic (exact) mass is 381 g/mol. The van der Waals surface area contributed by atoms with E-state index in [-0.39, 0.29) is 6.54 Å². The van der Waals surface area contributed by atoms with Crippen LogP contribution in [0.1, 0.15) is 6.92 Å². The van der Waals surface area contributed by atoms with Gasteiger partial charge in [0.05, 0.1) is 31.1 Å². The van der Waals surface area contributed by atoms with Gasteiger partial charge in [-0.1, -0.05) is 12.1 Å². The SMILES string of the molecule is CCOc1ccccc1NCC(=O)NCC(=O)Nc1ccc(F)c(F)c1F. The molecule has 2 aromatic rings. The molecule has 0 bridgehead atoms. The first-order valence-electron chi connectivity index (χ1n) is 8.08. The molecule has 9 heteroatoms. The number of halogens is 3. The highest BCUT2D eigenvalue weighted by molar-refractivity contribution is 5.95. The van der Waals surface area contributed by atoms with E-state index in [1.165, 1.54) is 0 Å². The average molecular weight is 381 g/mol. The third-order valence-corrected chi connectivity index (χ3v) is 3.38. The zero-order valence-electron chi connectivity index (χ0n) is 14.4. The van der Waals surface area contributed by atoms with Crippen molar-refractivity contribution in [3.05, 3.63) is 53.8 Å². The molecule has 144 valence electrons. The molecule has 0 unspecified atom stereocenters. The first-order chi connectivity index (χ1) is 12.9. The van der Waals surface area contributed by atoms with Gasteiger partial charge in [0, 0.05) is 0 Å². The summed E-state index contributed by atoms with van der Waals surface area (Å²) in [6, 6.07) is 8.61. The number of para-hydroxylation sites is 2. The number of hydrogen-bond acceptors (Lipinski definition) is 4. The lowest BCUT2D eigenvalue weighted by Gasteiger charge is -2.12. The van der Waals surface area contributed by atoms with E-state index in [0.717, 1.165) is 6.07 Å². The van der Waals surface area contributed by atoms with E-state index in [1.54, 1.807) is 24.3 Å². The average Bonchev–Trinajstić information content (AvgIpc) is 2.66. The van der Waals surface area contributed by atoms with Crippen molar-refractivity contribution < 1.29 is 27.5 Å². The lowest BCUT2D eigenvalue weighted by Crippen LogP contribution is -2.36. The first-order valence-corrected chi connectivity index (χ1v) is 8.08. The molecule has 0 aliphatic rings. The predicted molar refractivity (Wildman–Crippen MR) is 94.1 cm³/mol. The number of ether oxygens (including phenoxy) is 1. The molecule has 0 spiro atoms. The Hall–Kier alpha value is -3.23. The largest absolute Gasteiger partial charge is 0.492 e. The molecular formula is C18H18F3N3O3. The van der Waals surface area contributed by atoms with Crippen molar-refractivity contribution in [2.24, 2.45) is 0 Å². The molecule has 2 rings (SSSR count). The fourth-order valence-electron chi connectivity index (χ4n) is 2.13. The van der Waals surface area contributed by atoms with Crippen LogP contribution in [0, 0.1) is 17.5 Å². The highest BCUT2D eigenvalue weighted by Gasteiger charge is 2.15. The Kier molecular flexibility index (Phi) is 7.04. The third-order valence-electron chi connectivity index (χ3n) is 3.38. The van der Waals surface area contributed by atoms with E-state index in [0.29, 0.717) is 24.1 Å². The van der Waals surface area contributed by atoms with E-state index in [9.17, 15) is 22.8 Å². The smallest absolute Gasteiger partial charge is 0.243 e. The maximum atomic E-state index is 13.5. The maximum absolute atomic E-state index is 13.5. The number of rotatable bonds is 8. The normalized spacial score (nSPS) is 10.2. The van der Waals surface area contributed by atoms with E-state index < -0.39 is 41.5 Å². The molecule has 0 radical (unpaired) electrons. The Bertz CT molecular complexity index is 831. The topological polar surface area (TPSA) is 79.5 Å². The van der Waals surface area contributed by atoms with Crippen LogP contribution in [0.2, 0.25) is 0 Å². The van der Waals surface area contributed by atoms with Crippen LogP contribution in [0.4, 0.5) is 24.5 Å². The minimum Gasteiger partial charge on any atom is -0.492 e. The molecule has 0 saturated carbocycles. The van der Waals surface area contributed by atoms with Crippen LogP contribution in [-0.4, -0.2) is 31.5 Å². The van der Waals surface area contributed by atoms with Crippen molar-refractivity contribution in [3.63, 3.8) is 0 Å². The van der Waals surface area contributed by atoms with Gasteiger partial charge in [-0.2, -0.15) is 0 Å². The Morgan fingerprint density at radius 3 is 2.41 bits per heavy atom. The van der Waals surface area contributed by atoms with Crippen molar-refractivity contribution >= 4 is 23.2 Å². The van der Waals surface area contributed by atoms with Gasteiger partial charge in [0.1, 0.15) is 5.75 Å². The van der Waals surface area contributed by atoms with Gasteiger partial charge in [0.25, 0.3) is 0 Å². The van der Waals surface area contributed by atoms with Crippen LogP contribution in [-0.2, 0) is 9.59 Å². The van der Waals surface area contributed by atoms with Crippen molar-refractivity contribution in [1.29, 1.82) is 0 Å². The Morgan fingerprint density at radius 2 is 1.67 bits per heavy atom. The van der Waals surface area contributed by atoms with Gasteiger partial charge in [-0.15, -0.1) is 0 Å². The molecule has 0 fully saturated rings. The standard InChI is InChI=1S/C18H18F3N3O3/c1-2-27-14-6-4-3-5-12(14)22-9-15(25)23-10-16(26)24-13-8-7-11(19)17(20)18(13)21/h3-8,22H,2,9-10H2,1H3,(H,23,25)(H,24,26). The fraction of sp³-hybridized carbons (Fsp3) is 0.222. The summed E-state index contributed by atoms with van der Waals surface area (Å²) in [5, 5.41) is 7.26. The summed E-state index contributed by atoms with van der Waals surface area (Å²) in [5.74, 6) is -5.26. The number of hydrogen-bond donors (Lipinski definition) is 3. The van der Waals surface area contributed by atoms with Crippen LogP contribution in [0.3, 0.4) is 0 Å². The summed E-state index contributed by atoms with van der Waals surface area (Å²) in [7, 11) is 0. The number of carbonyl (C=O) groups is 2. The molecule has 0 saturated heterocycles. The fourth-order valence-corrected chi connectivity index (χ4v) is 2.13. The van der Waals surface area contributed by atoms with E-state index in [2.05, 4.69) is 16.0 Å². The van der Waals surface area contributed by atoms with Gasteiger partial charge in [0.2, 0.25) is 11.8 Å². The Morgan fingerprint density at radius 1 is 0.926 bits per heavy atom. The predicted octanol–water partition coefficient (Wildman–Crippen LogP) is 2.67. The molecule has 0 atom stereocenters. The maximum Gasteiger partial charge on any atom is 0.243 e. The molecular weight excluding hydrogens is 363 g/mol. The van der Waals surface area contributed by atoms with Crippen molar-refractivity contribution in [3.8, 4) is 5.75 Å². The second-order valence-electron chi connectivity index (χ2n) is 5.33. The second kappa shape index (κ2) is 9.46. The van der Waals surface area contributed by atoms with Gasteiger partial charge in [-0.25, -0.2) is 13.2 Å². The van der Waals surface area contributed by atoms with Crippen LogP contribution >= 0.6 is 0 Å². The minimum absolute atomic E-state index is 0.128. The molecule has 3 N–H and O–H groups in total. The van der Waals surface area contributed by atoms with Crippen LogP contribution in [0.25, 0.3) is 0 Å². The summed E-state index contributed by atoms with van der Waals surface area (Å²) in [4.78, 5) is 23.6. The van der Waals surface area contributed by atoms with Gasteiger partial charge < -0.3 is 20.7 Å². The van der Waals surface area contributed by atoms with Gasteiger partial charge in [-0.05, 0) is 31.2 Å². The molecule has 2 aromatic carbocycles. The number of anilines is 2. The zero-order chi connectivity index (χ0) is 19.8. The Balaban J connectivity index is 1.82. The quantitative estimate of drug-likeness (QED) is 0.615. The van der Waals surface area contributed by atoms with E-state index in [4.69, 9.17) is 4.74 Å². The van der Waals surface area contributed by atoms with Crippen LogP contribution in [0.5, 0.6) is 5.75 Å². The van der Waals surface area contributed by atoms with Crippen molar-refractivity contribution in [2.45, 2.75) is 6.92 Å². The summed E-state index contributed by atoms with van der Waals surface area (Å²) >= 11 is 0. The highest BCUT2D eigenvalue weighted by atomic mass is 19.2. The molecule has 0 aliphatic heterocycles. The highest BCUT2D eigenvalue weighted by Crippen LogP contribution is 2.23. The first kappa shape index (κ1) is 20.1. The molecule has 0 aliphatic carbocycles. The van der Waals surface area contributed by atoms with Gasteiger partial charge in [0.15, 0.2) is 17.5 Å². The summed E-state index contributed by atoms with van der Waals surface area (Å²) in [6.45, 7) is 1.70. The lowest BCUT2D eigenvalue weighted by atomic mass is 10.2. The second-order valence-corrected chi connectivity index (χ2v) is 5.33. The number of benzene rings is 2. The third kappa shape index (κ3) is 5.63. The molecule has 0 aromatic heterocycles. The van der Waals surface area contributed by atoms with Crippen molar-refractivity contribution in [1.82, 2.24) is 5.32 Å². The van der Waals surface area contributed by atoms with Crippen LogP contribution in [0.15, 0.2) is 36.4 Å². The Labute approximate surface area is 153 Å². The van der Waals surface area contributed by atoms with E-state index in [1.807, 2.05) is 6.92 Å². The molecule has 6 nitrogen and oxygen atoms in total. The summed E-state index contributed by atoms with van der Waals surface area (Å²) in [5.41, 5.74) is 0.0970. The lowest BCUT2D eigenvalue weighted by molar-refractivity contribution is -0.122. The van der Waals surface area contributed by atoms with Crippen molar-refractivity contribution in [2.75, 3.05) is 30.3 Å². The number of nitrogens with one attached hydrogen (secondary N) is 3. The summed E-state index contributed by atoms with van der Waals surface area (Å²) in [6.07, 6.45) is 0. The van der Waals surface area contributed by atoms with Gasteiger partial charge in [-0.3, -0.25) is 9.59 Å². The van der Waals surface area contributed by atoms with Gasteiger partial charge >= 0.3 is 0 Å². The molecule has 27 heavy (non-hydrogen) atoms. The van der Waals surface area contributed by atoms with Crippen LogP contribution < -0.4 is 20.7 Å². The minimum atomic E-state index is -1.69. The summed E-state index contributed by atoms with van der Waals surface area (Å²) < 4.78 is 44.9. The number of carbonyl (C=O) groups excluding carboxylic acids is 2. The van der Waals surface area contributed by atoms with E-state index >= 15 is 0 Å². The number of amides is 2. The molecule has 0 heterocycles. The zero-order valence-corrected chi connectivity index (χ0v) is 14.4. The molecule has 2 amide bonds.